The molecule has 0 radical (unpaired) electrons. The molecule has 9 heavy (non-hydrogen) atoms. The third kappa shape index (κ3) is 1.57. The van der Waals surface area contributed by atoms with Crippen molar-refractivity contribution in [2.45, 2.75) is 25.5 Å². The quantitative estimate of drug-likeness (QED) is 0.522. The molecular formula is C8H16S. The van der Waals surface area contributed by atoms with Gasteiger partial charge in [-0.1, -0.05) is 19.7 Å². The first-order valence-corrected chi connectivity index (χ1v) is 5.44. The van der Waals surface area contributed by atoms with Gasteiger partial charge in [-0.25, -0.2) is 0 Å². The van der Waals surface area contributed by atoms with Crippen molar-refractivity contribution in [3.8, 4) is 0 Å². The van der Waals surface area contributed by atoms with E-state index in [9.17, 15) is 0 Å². The van der Waals surface area contributed by atoms with E-state index in [2.05, 4.69) is 26.0 Å². The zero-order chi connectivity index (χ0) is 7.02. The molecule has 1 fully saturated rings. The van der Waals surface area contributed by atoms with Crippen LogP contribution >= 0.6 is 10.5 Å². The van der Waals surface area contributed by atoms with E-state index in [1.165, 1.54) is 6.42 Å². The molecule has 0 heterocycles. The van der Waals surface area contributed by atoms with Crippen LogP contribution in [0.3, 0.4) is 0 Å². The summed E-state index contributed by atoms with van der Waals surface area (Å²) in [6.45, 7) is 4.68. The number of rotatable bonds is 2. The first kappa shape index (κ1) is 7.33. The first-order valence-electron chi connectivity index (χ1n) is 3.57. The number of hydrogen-bond acceptors (Lipinski definition) is 0. The van der Waals surface area contributed by atoms with E-state index < -0.39 is 0 Å². The molecule has 0 saturated heterocycles. The minimum absolute atomic E-state index is 0.401. The van der Waals surface area contributed by atoms with Crippen molar-refractivity contribution >= 4 is 16.4 Å². The maximum Gasteiger partial charge on any atom is -0.000809 e. The Morgan fingerprint density at radius 2 is 2.11 bits per heavy atom. The summed E-state index contributed by atoms with van der Waals surface area (Å²) in [7, 11) is 0.401. The van der Waals surface area contributed by atoms with E-state index in [-0.39, 0.29) is 0 Å². The van der Waals surface area contributed by atoms with Gasteiger partial charge in [-0.15, -0.1) is 0 Å². The lowest BCUT2D eigenvalue weighted by Crippen LogP contribution is -2.01. The maximum absolute atomic E-state index is 4.06. The average molecular weight is 144 g/mol. The molecule has 0 aromatic rings. The number of hydrogen-bond donors (Lipinski definition) is 0. The third-order valence-corrected chi connectivity index (χ3v) is 4.03. The Morgan fingerprint density at radius 1 is 1.67 bits per heavy atom. The van der Waals surface area contributed by atoms with Crippen LogP contribution in [0.4, 0.5) is 0 Å². The molecule has 0 amide bonds. The van der Waals surface area contributed by atoms with Crippen molar-refractivity contribution < 1.29 is 0 Å². The Bertz CT molecular complexity index is 129. The summed E-state index contributed by atoms with van der Waals surface area (Å²) in [6.07, 6.45) is 3.70. The van der Waals surface area contributed by atoms with E-state index in [1.54, 1.807) is 0 Å². The van der Waals surface area contributed by atoms with Crippen LogP contribution in [0.5, 0.6) is 0 Å². The predicted octanol–water partition coefficient (Wildman–Crippen LogP) is 2.36. The van der Waals surface area contributed by atoms with Gasteiger partial charge in [-0.05, 0) is 29.8 Å². The van der Waals surface area contributed by atoms with Crippen molar-refractivity contribution in [2.75, 3.05) is 6.26 Å². The molecule has 1 aliphatic carbocycles. The van der Waals surface area contributed by atoms with Gasteiger partial charge in [-0.3, -0.25) is 0 Å². The molecule has 4 unspecified atom stereocenters. The van der Waals surface area contributed by atoms with Crippen molar-refractivity contribution in [2.24, 2.45) is 11.8 Å². The normalized spacial score (nSPS) is 39.9. The van der Waals surface area contributed by atoms with Crippen LogP contribution < -0.4 is 0 Å². The van der Waals surface area contributed by atoms with Gasteiger partial charge in [0.1, 0.15) is 0 Å². The van der Waals surface area contributed by atoms with Gasteiger partial charge in [0.25, 0.3) is 0 Å². The van der Waals surface area contributed by atoms with Crippen LogP contribution in [0.25, 0.3) is 0 Å². The standard InChI is InChI=1S/C8H16S/c1-6-5-8(6)7(2)9(3)4/h6-8H,3,5H2,1-2,4H3. The molecule has 0 N–H and O–H groups in total. The predicted molar refractivity (Wildman–Crippen MR) is 47.4 cm³/mol. The van der Waals surface area contributed by atoms with Gasteiger partial charge in [-0.2, -0.15) is 10.5 Å². The molecule has 0 spiro atoms. The van der Waals surface area contributed by atoms with E-state index in [1.807, 2.05) is 0 Å². The van der Waals surface area contributed by atoms with Crippen molar-refractivity contribution in [1.82, 2.24) is 0 Å². The second-order valence-corrected chi connectivity index (χ2v) is 5.40. The van der Waals surface area contributed by atoms with Gasteiger partial charge >= 0.3 is 0 Å². The molecule has 4 atom stereocenters. The zero-order valence-electron chi connectivity index (χ0n) is 6.55. The summed E-state index contributed by atoms with van der Waals surface area (Å²) in [5.41, 5.74) is 0. The second kappa shape index (κ2) is 2.45. The Morgan fingerprint density at radius 3 is 2.22 bits per heavy atom. The molecule has 0 nitrogen and oxygen atoms in total. The molecule has 1 saturated carbocycles. The highest BCUT2D eigenvalue weighted by Gasteiger charge is 2.36. The molecular weight excluding hydrogens is 128 g/mol. The third-order valence-electron chi connectivity index (χ3n) is 2.41. The molecule has 0 bridgehead atoms. The fourth-order valence-corrected chi connectivity index (χ4v) is 2.28. The van der Waals surface area contributed by atoms with E-state index in [0.717, 1.165) is 17.1 Å². The van der Waals surface area contributed by atoms with Crippen LogP contribution in [0.2, 0.25) is 0 Å². The van der Waals surface area contributed by atoms with Gasteiger partial charge in [0.15, 0.2) is 0 Å². The molecule has 1 rings (SSSR count). The van der Waals surface area contributed by atoms with Crippen molar-refractivity contribution in [3.63, 3.8) is 0 Å². The SMILES string of the molecule is C=S(C)C(C)C1CC1C. The highest BCUT2D eigenvalue weighted by Crippen LogP contribution is 2.45. The Hall–Kier alpha value is 0.220. The van der Waals surface area contributed by atoms with Crippen molar-refractivity contribution in [3.05, 3.63) is 0 Å². The topological polar surface area (TPSA) is 0 Å². The largest absolute Gasteiger partial charge is 0.193 e. The van der Waals surface area contributed by atoms with E-state index in [0.29, 0.717) is 10.5 Å². The molecule has 1 aliphatic rings. The zero-order valence-corrected chi connectivity index (χ0v) is 7.37. The van der Waals surface area contributed by atoms with Crippen LogP contribution in [-0.2, 0) is 0 Å². The lowest BCUT2D eigenvalue weighted by atomic mass is 10.3. The fourth-order valence-electron chi connectivity index (χ4n) is 1.30. The summed E-state index contributed by atoms with van der Waals surface area (Å²) >= 11 is 0. The summed E-state index contributed by atoms with van der Waals surface area (Å²) in [4.78, 5) is 0. The monoisotopic (exact) mass is 144 g/mol. The van der Waals surface area contributed by atoms with Crippen LogP contribution in [0.15, 0.2) is 0 Å². The van der Waals surface area contributed by atoms with Gasteiger partial charge in [0.2, 0.25) is 0 Å². The summed E-state index contributed by atoms with van der Waals surface area (Å²) in [6, 6.07) is 0. The van der Waals surface area contributed by atoms with Gasteiger partial charge < -0.3 is 0 Å². The van der Waals surface area contributed by atoms with Gasteiger partial charge in [0.05, 0.1) is 0 Å². The van der Waals surface area contributed by atoms with E-state index >= 15 is 0 Å². The summed E-state index contributed by atoms with van der Waals surface area (Å²) in [5, 5.41) is 0.875. The van der Waals surface area contributed by atoms with Gasteiger partial charge in [0, 0.05) is 0 Å². The lowest BCUT2D eigenvalue weighted by Gasteiger charge is -2.09. The van der Waals surface area contributed by atoms with Crippen molar-refractivity contribution in [1.29, 1.82) is 0 Å². The smallest absolute Gasteiger partial charge is 0.000809 e. The van der Waals surface area contributed by atoms with Crippen LogP contribution in [0, 0.1) is 11.8 Å². The highest BCUT2D eigenvalue weighted by molar-refractivity contribution is 8.14. The molecule has 0 aromatic carbocycles. The maximum atomic E-state index is 4.06. The average Bonchev–Trinajstić information content (AvgIpc) is 2.44. The fraction of sp³-hybridized carbons (Fsp3) is 0.875. The molecule has 0 aromatic heterocycles. The Balaban J connectivity index is 2.36. The minimum atomic E-state index is 0.401. The Kier molecular flexibility index (Phi) is 2.00. The second-order valence-electron chi connectivity index (χ2n) is 3.27. The first-order chi connectivity index (χ1) is 4.13. The minimum Gasteiger partial charge on any atom is -0.193 e. The molecule has 54 valence electrons. The van der Waals surface area contributed by atoms with Crippen LogP contribution in [0.1, 0.15) is 20.3 Å². The summed E-state index contributed by atoms with van der Waals surface area (Å²) < 4.78 is 0. The van der Waals surface area contributed by atoms with Crippen LogP contribution in [-0.4, -0.2) is 17.4 Å². The lowest BCUT2D eigenvalue weighted by molar-refractivity contribution is 0.740. The Labute approximate surface area is 60.6 Å². The summed E-state index contributed by atoms with van der Waals surface area (Å²) in [5.74, 6) is 6.07. The molecule has 0 aliphatic heterocycles. The molecule has 1 heteroatoms. The highest BCUT2D eigenvalue weighted by atomic mass is 32.2. The van der Waals surface area contributed by atoms with E-state index in [4.69, 9.17) is 0 Å².